The van der Waals surface area contributed by atoms with Crippen molar-refractivity contribution < 1.29 is 13.6 Å². The van der Waals surface area contributed by atoms with E-state index in [1.54, 1.807) is 18.0 Å². The van der Waals surface area contributed by atoms with Crippen molar-refractivity contribution in [3.05, 3.63) is 64.7 Å². The number of amides is 1. The number of carbonyl (C=O) groups excluding carboxylic acids is 1. The lowest BCUT2D eigenvalue weighted by Crippen LogP contribution is -2.30. The SMILES string of the molecule is CN(CC(=O)Nc1c(F)cccc1F)Cc1ccccc1Cl. The van der Waals surface area contributed by atoms with Gasteiger partial charge in [-0.25, -0.2) is 8.78 Å². The first-order valence-electron chi connectivity index (χ1n) is 6.63. The third-order valence-corrected chi connectivity index (χ3v) is 3.41. The van der Waals surface area contributed by atoms with Crippen molar-refractivity contribution in [1.82, 2.24) is 4.90 Å². The standard InChI is InChI=1S/C16H15ClF2N2O/c1-21(9-11-5-2-3-6-12(11)17)10-15(22)20-16-13(18)7-4-8-14(16)19/h2-8H,9-10H2,1H3,(H,20,22). The molecular formula is C16H15ClF2N2O. The van der Waals surface area contributed by atoms with E-state index in [-0.39, 0.29) is 6.54 Å². The highest BCUT2D eigenvalue weighted by Crippen LogP contribution is 2.18. The smallest absolute Gasteiger partial charge is 0.238 e. The highest BCUT2D eigenvalue weighted by molar-refractivity contribution is 6.31. The zero-order chi connectivity index (χ0) is 16.1. The molecule has 0 saturated carbocycles. The van der Waals surface area contributed by atoms with Crippen LogP contribution in [0.15, 0.2) is 42.5 Å². The molecule has 0 radical (unpaired) electrons. The summed E-state index contributed by atoms with van der Waals surface area (Å²) in [5.74, 6) is -2.11. The number of benzene rings is 2. The van der Waals surface area contributed by atoms with Gasteiger partial charge < -0.3 is 5.32 Å². The van der Waals surface area contributed by atoms with Crippen LogP contribution in [0, 0.1) is 11.6 Å². The van der Waals surface area contributed by atoms with Crippen molar-refractivity contribution in [3.63, 3.8) is 0 Å². The molecule has 0 saturated heterocycles. The van der Waals surface area contributed by atoms with E-state index in [2.05, 4.69) is 5.32 Å². The second kappa shape index (κ2) is 7.33. The zero-order valence-electron chi connectivity index (χ0n) is 11.9. The fourth-order valence-corrected chi connectivity index (χ4v) is 2.21. The number of rotatable bonds is 5. The first-order valence-corrected chi connectivity index (χ1v) is 7.01. The molecule has 22 heavy (non-hydrogen) atoms. The number of halogens is 3. The predicted molar refractivity (Wildman–Crippen MR) is 82.8 cm³/mol. The van der Waals surface area contributed by atoms with Gasteiger partial charge in [0.05, 0.1) is 6.54 Å². The van der Waals surface area contributed by atoms with Crippen molar-refractivity contribution in [2.24, 2.45) is 0 Å². The highest BCUT2D eigenvalue weighted by atomic mass is 35.5. The molecule has 0 fully saturated rings. The lowest BCUT2D eigenvalue weighted by atomic mass is 10.2. The molecule has 0 atom stereocenters. The number of hydrogen-bond acceptors (Lipinski definition) is 2. The Balaban J connectivity index is 1.96. The molecule has 2 rings (SSSR count). The zero-order valence-corrected chi connectivity index (χ0v) is 12.7. The molecule has 0 spiro atoms. The summed E-state index contributed by atoms with van der Waals surface area (Å²) in [6.45, 7) is 0.436. The minimum absolute atomic E-state index is 0.0149. The Hall–Kier alpha value is -1.98. The predicted octanol–water partition coefficient (Wildman–Crippen LogP) is 3.69. The van der Waals surface area contributed by atoms with Gasteiger partial charge >= 0.3 is 0 Å². The second-order valence-corrected chi connectivity index (χ2v) is 5.32. The molecule has 0 unspecified atom stereocenters. The molecular weight excluding hydrogens is 310 g/mol. The lowest BCUT2D eigenvalue weighted by molar-refractivity contribution is -0.117. The fourth-order valence-electron chi connectivity index (χ4n) is 2.01. The number of para-hydroxylation sites is 1. The molecule has 0 aromatic heterocycles. The van der Waals surface area contributed by atoms with Crippen LogP contribution in [-0.4, -0.2) is 24.4 Å². The van der Waals surface area contributed by atoms with E-state index in [4.69, 9.17) is 11.6 Å². The monoisotopic (exact) mass is 324 g/mol. The molecule has 2 aromatic carbocycles. The van der Waals surface area contributed by atoms with Crippen LogP contribution >= 0.6 is 11.6 Å². The van der Waals surface area contributed by atoms with Gasteiger partial charge in [0, 0.05) is 11.6 Å². The summed E-state index contributed by atoms with van der Waals surface area (Å²) in [7, 11) is 1.72. The second-order valence-electron chi connectivity index (χ2n) is 4.91. The van der Waals surface area contributed by atoms with Gasteiger partial charge in [-0.3, -0.25) is 9.69 Å². The molecule has 116 valence electrons. The molecule has 0 aliphatic rings. The van der Waals surface area contributed by atoms with Crippen LogP contribution in [0.2, 0.25) is 5.02 Å². The van der Waals surface area contributed by atoms with Gasteiger partial charge in [0.15, 0.2) is 0 Å². The van der Waals surface area contributed by atoms with Gasteiger partial charge in [-0.15, -0.1) is 0 Å². The Morgan fingerprint density at radius 1 is 1.14 bits per heavy atom. The van der Waals surface area contributed by atoms with Crippen molar-refractivity contribution >= 4 is 23.2 Å². The first kappa shape index (κ1) is 16.4. The molecule has 1 N–H and O–H groups in total. The van der Waals surface area contributed by atoms with E-state index in [0.717, 1.165) is 17.7 Å². The van der Waals surface area contributed by atoms with Crippen LogP contribution in [0.3, 0.4) is 0 Å². The number of likely N-dealkylation sites (N-methyl/N-ethyl adjacent to an activating group) is 1. The maximum absolute atomic E-state index is 13.5. The molecule has 3 nitrogen and oxygen atoms in total. The van der Waals surface area contributed by atoms with E-state index >= 15 is 0 Å². The van der Waals surface area contributed by atoms with E-state index in [1.165, 1.54) is 6.07 Å². The minimum Gasteiger partial charge on any atom is -0.320 e. The summed E-state index contributed by atoms with van der Waals surface area (Å²) in [6, 6.07) is 10.7. The quantitative estimate of drug-likeness (QED) is 0.909. The first-order chi connectivity index (χ1) is 10.5. The average Bonchev–Trinajstić information content (AvgIpc) is 2.45. The van der Waals surface area contributed by atoms with Gasteiger partial charge in [-0.05, 0) is 30.8 Å². The van der Waals surface area contributed by atoms with Crippen LogP contribution in [0.4, 0.5) is 14.5 Å². The van der Waals surface area contributed by atoms with Crippen LogP contribution in [-0.2, 0) is 11.3 Å². The van der Waals surface area contributed by atoms with E-state index in [9.17, 15) is 13.6 Å². The Kier molecular flexibility index (Phi) is 5.46. The highest BCUT2D eigenvalue weighted by Gasteiger charge is 2.14. The molecule has 1 amide bonds. The van der Waals surface area contributed by atoms with Crippen molar-refractivity contribution in [2.45, 2.75) is 6.54 Å². The van der Waals surface area contributed by atoms with Crippen LogP contribution in [0.1, 0.15) is 5.56 Å². The molecule has 0 heterocycles. The molecule has 0 bridgehead atoms. The Morgan fingerprint density at radius 2 is 1.77 bits per heavy atom. The van der Waals surface area contributed by atoms with Gasteiger partial charge in [0.1, 0.15) is 17.3 Å². The maximum Gasteiger partial charge on any atom is 0.238 e. The Bertz CT molecular complexity index is 659. The third-order valence-electron chi connectivity index (χ3n) is 3.04. The number of anilines is 1. The molecule has 0 aliphatic carbocycles. The van der Waals surface area contributed by atoms with Crippen molar-refractivity contribution in [3.8, 4) is 0 Å². The van der Waals surface area contributed by atoms with E-state index < -0.39 is 23.2 Å². The summed E-state index contributed by atoms with van der Waals surface area (Å²) in [5, 5.41) is 2.85. The number of hydrogen-bond donors (Lipinski definition) is 1. The lowest BCUT2D eigenvalue weighted by Gasteiger charge is -2.17. The van der Waals surface area contributed by atoms with Crippen LogP contribution in [0.25, 0.3) is 0 Å². The van der Waals surface area contributed by atoms with E-state index in [1.807, 2.05) is 18.2 Å². The van der Waals surface area contributed by atoms with Gasteiger partial charge in [0.2, 0.25) is 5.91 Å². The third kappa shape index (κ3) is 4.26. The maximum atomic E-state index is 13.5. The fraction of sp³-hybridized carbons (Fsp3) is 0.188. The summed E-state index contributed by atoms with van der Waals surface area (Å²) in [4.78, 5) is 13.6. The van der Waals surface area contributed by atoms with Gasteiger partial charge in [-0.2, -0.15) is 0 Å². The molecule has 6 heteroatoms. The summed E-state index contributed by atoms with van der Waals surface area (Å²) < 4.78 is 26.9. The van der Waals surface area contributed by atoms with Crippen LogP contribution in [0.5, 0.6) is 0 Å². The Labute approximate surface area is 132 Å². The summed E-state index contributed by atoms with van der Waals surface area (Å²) in [5.41, 5.74) is 0.440. The minimum atomic E-state index is -0.804. The van der Waals surface area contributed by atoms with Crippen molar-refractivity contribution in [1.29, 1.82) is 0 Å². The summed E-state index contributed by atoms with van der Waals surface area (Å²) >= 11 is 6.05. The number of nitrogens with zero attached hydrogens (tertiary/aromatic N) is 1. The Morgan fingerprint density at radius 3 is 2.41 bits per heavy atom. The summed E-state index contributed by atoms with van der Waals surface area (Å²) in [6.07, 6.45) is 0. The topological polar surface area (TPSA) is 32.3 Å². The van der Waals surface area contributed by atoms with E-state index in [0.29, 0.717) is 11.6 Å². The molecule has 0 aliphatic heterocycles. The van der Waals surface area contributed by atoms with Crippen molar-refractivity contribution in [2.75, 3.05) is 18.9 Å². The normalized spacial score (nSPS) is 10.8. The largest absolute Gasteiger partial charge is 0.320 e. The number of carbonyl (C=O) groups is 1. The number of nitrogens with one attached hydrogen (secondary N) is 1. The molecule has 2 aromatic rings. The van der Waals surface area contributed by atoms with Gasteiger partial charge in [-0.1, -0.05) is 35.9 Å². The van der Waals surface area contributed by atoms with Gasteiger partial charge in [0.25, 0.3) is 0 Å². The van der Waals surface area contributed by atoms with Crippen LogP contribution < -0.4 is 5.32 Å². The average molecular weight is 325 g/mol.